The molecule has 0 fully saturated rings. The first-order chi connectivity index (χ1) is 12.6. The van der Waals surface area contributed by atoms with Crippen molar-refractivity contribution in [3.63, 3.8) is 0 Å². The normalized spacial score (nSPS) is 10.7. The van der Waals surface area contributed by atoms with Crippen molar-refractivity contribution in [3.8, 4) is 39.6 Å². The molecule has 0 atom stereocenters. The topological polar surface area (TPSA) is 40.6 Å². The quantitative estimate of drug-likeness (QED) is 0.612. The lowest BCUT2D eigenvalue weighted by Crippen LogP contribution is -2.06. The molecule has 1 heterocycles. The summed E-state index contributed by atoms with van der Waals surface area (Å²) in [4.78, 5) is 4.68. The van der Waals surface area contributed by atoms with Gasteiger partial charge >= 0.3 is 0 Å². The molecule has 0 aliphatic rings. The average Bonchev–Trinajstić information content (AvgIpc) is 2.68. The number of pyridine rings is 1. The van der Waals surface area contributed by atoms with Crippen LogP contribution in [0.1, 0.15) is 13.8 Å². The van der Waals surface area contributed by atoms with Crippen molar-refractivity contribution in [1.82, 2.24) is 4.98 Å². The first-order valence-electron chi connectivity index (χ1n) is 8.56. The fraction of sp³-hybridized carbons (Fsp3) is 0.227. The van der Waals surface area contributed by atoms with Crippen LogP contribution in [-0.4, -0.2) is 25.3 Å². The third kappa shape index (κ3) is 3.97. The summed E-state index contributed by atoms with van der Waals surface area (Å²) in [6, 6.07) is 17.9. The predicted octanol–water partition coefficient (Wildman–Crippen LogP) is 5.22. The molecule has 0 bridgehead atoms. The molecule has 26 heavy (non-hydrogen) atoms. The number of nitrogens with zero attached hydrogens (tertiary/aromatic N) is 1. The summed E-state index contributed by atoms with van der Waals surface area (Å²) in [5, 5.41) is 0. The van der Waals surface area contributed by atoms with Gasteiger partial charge in [0.1, 0.15) is 17.2 Å². The first-order valence-corrected chi connectivity index (χ1v) is 8.56. The molecule has 0 amide bonds. The Morgan fingerprint density at radius 2 is 1.27 bits per heavy atom. The minimum absolute atomic E-state index is 0.0901. The maximum absolute atomic E-state index is 5.84. The van der Waals surface area contributed by atoms with E-state index in [-0.39, 0.29) is 6.10 Å². The molecule has 4 nitrogen and oxygen atoms in total. The van der Waals surface area contributed by atoms with E-state index in [1.165, 1.54) is 0 Å². The van der Waals surface area contributed by atoms with Crippen molar-refractivity contribution < 1.29 is 14.2 Å². The summed E-state index contributed by atoms with van der Waals surface area (Å²) in [6.07, 6.45) is 1.86. The lowest BCUT2D eigenvalue weighted by molar-refractivity contribution is 0.241. The van der Waals surface area contributed by atoms with Crippen LogP contribution in [0.25, 0.3) is 22.4 Å². The summed E-state index contributed by atoms with van der Waals surface area (Å²) in [5.41, 5.74) is 3.98. The molecule has 0 spiro atoms. The number of aromatic nitrogens is 1. The maximum Gasteiger partial charge on any atom is 0.138 e. The van der Waals surface area contributed by atoms with Gasteiger partial charge in [-0.3, -0.25) is 4.98 Å². The molecule has 3 aromatic rings. The fourth-order valence-electron chi connectivity index (χ4n) is 2.75. The molecular weight excluding hydrogens is 326 g/mol. The monoisotopic (exact) mass is 349 g/mol. The van der Waals surface area contributed by atoms with Crippen LogP contribution >= 0.6 is 0 Å². The molecule has 1 aromatic heterocycles. The van der Waals surface area contributed by atoms with E-state index in [0.29, 0.717) is 0 Å². The van der Waals surface area contributed by atoms with Crippen LogP contribution in [-0.2, 0) is 0 Å². The second kappa shape index (κ2) is 7.91. The van der Waals surface area contributed by atoms with E-state index in [4.69, 9.17) is 14.2 Å². The zero-order valence-corrected chi connectivity index (χ0v) is 15.5. The zero-order valence-electron chi connectivity index (χ0n) is 15.5. The highest BCUT2D eigenvalue weighted by Crippen LogP contribution is 2.34. The summed E-state index contributed by atoms with van der Waals surface area (Å²) in [7, 11) is 3.32. The average molecular weight is 349 g/mol. The molecule has 2 aromatic carbocycles. The Labute approximate surface area is 154 Å². The Balaban J connectivity index is 2.09. The SMILES string of the molecule is COc1ccc(-c2cc(OC(C)C)cnc2-c2ccc(OC)cc2)cc1. The van der Waals surface area contributed by atoms with Gasteiger partial charge in [-0.15, -0.1) is 0 Å². The summed E-state index contributed by atoms with van der Waals surface area (Å²) in [6.45, 7) is 4.01. The minimum atomic E-state index is 0.0901. The molecule has 0 N–H and O–H groups in total. The molecule has 0 aliphatic heterocycles. The fourth-order valence-corrected chi connectivity index (χ4v) is 2.75. The lowest BCUT2D eigenvalue weighted by Gasteiger charge is -2.15. The van der Waals surface area contributed by atoms with E-state index in [9.17, 15) is 0 Å². The van der Waals surface area contributed by atoms with Crippen molar-refractivity contribution in [2.75, 3.05) is 14.2 Å². The van der Waals surface area contributed by atoms with Crippen LogP contribution < -0.4 is 14.2 Å². The van der Waals surface area contributed by atoms with E-state index < -0.39 is 0 Å². The number of hydrogen-bond acceptors (Lipinski definition) is 4. The van der Waals surface area contributed by atoms with Crippen molar-refractivity contribution >= 4 is 0 Å². The van der Waals surface area contributed by atoms with Crippen molar-refractivity contribution in [3.05, 3.63) is 60.8 Å². The molecule has 0 aliphatic carbocycles. The van der Waals surface area contributed by atoms with Gasteiger partial charge in [-0.1, -0.05) is 12.1 Å². The van der Waals surface area contributed by atoms with Gasteiger partial charge in [0.15, 0.2) is 0 Å². The number of hydrogen-bond donors (Lipinski definition) is 0. The standard InChI is InChI=1S/C22H23NO3/c1-15(2)26-20-13-21(16-5-9-18(24-3)10-6-16)22(23-14-20)17-7-11-19(25-4)12-8-17/h5-15H,1-4H3. The van der Waals surface area contributed by atoms with Crippen LogP contribution in [0.3, 0.4) is 0 Å². The highest BCUT2D eigenvalue weighted by Gasteiger charge is 2.12. The highest BCUT2D eigenvalue weighted by atomic mass is 16.5. The number of ether oxygens (including phenoxy) is 3. The van der Waals surface area contributed by atoms with Crippen LogP contribution in [0, 0.1) is 0 Å². The highest BCUT2D eigenvalue weighted by molar-refractivity contribution is 5.81. The maximum atomic E-state index is 5.84. The summed E-state index contributed by atoms with van der Waals surface area (Å²) < 4.78 is 16.4. The van der Waals surface area contributed by atoms with Gasteiger partial charge in [0, 0.05) is 11.1 Å². The Morgan fingerprint density at radius 3 is 1.77 bits per heavy atom. The van der Waals surface area contributed by atoms with Gasteiger partial charge in [0.25, 0.3) is 0 Å². The molecule has 0 saturated carbocycles. The van der Waals surface area contributed by atoms with Gasteiger partial charge in [0.05, 0.1) is 32.2 Å². The van der Waals surface area contributed by atoms with Crippen LogP contribution in [0.15, 0.2) is 60.8 Å². The van der Waals surface area contributed by atoms with Crippen LogP contribution in [0.4, 0.5) is 0 Å². The second-order valence-corrected chi connectivity index (χ2v) is 6.19. The van der Waals surface area contributed by atoms with Gasteiger partial charge in [0.2, 0.25) is 0 Å². The van der Waals surface area contributed by atoms with E-state index in [1.54, 1.807) is 20.4 Å². The van der Waals surface area contributed by atoms with Gasteiger partial charge in [-0.25, -0.2) is 0 Å². The molecule has 0 saturated heterocycles. The zero-order chi connectivity index (χ0) is 18.5. The smallest absolute Gasteiger partial charge is 0.138 e. The van der Waals surface area contributed by atoms with Crippen LogP contribution in [0.5, 0.6) is 17.2 Å². The van der Waals surface area contributed by atoms with Crippen LogP contribution in [0.2, 0.25) is 0 Å². The molecule has 0 unspecified atom stereocenters. The van der Waals surface area contributed by atoms with Crippen molar-refractivity contribution in [2.24, 2.45) is 0 Å². The second-order valence-electron chi connectivity index (χ2n) is 6.19. The molecule has 0 radical (unpaired) electrons. The third-order valence-electron chi connectivity index (χ3n) is 4.00. The first kappa shape index (κ1) is 17.8. The number of methoxy groups -OCH3 is 2. The summed E-state index contributed by atoms with van der Waals surface area (Å²) >= 11 is 0. The van der Waals surface area contributed by atoms with Gasteiger partial charge in [-0.05, 0) is 61.9 Å². The largest absolute Gasteiger partial charge is 0.497 e. The van der Waals surface area contributed by atoms with Gasteiger partial charge < -0.3 is 14.2 Å². The molecule has 134 valence electrons. The van der Waals surface area contributed by atoms with E-state index in [0.717, 1.165) is 39.6 Å². The lowest BCUT2D eigenvalue weighted by atomic mass is 9.99. The molecule has 3 rings (SSSR count). The number of benzene rings is 2. The van der Waals surface area contributed by atoms with Gasteiger partial charge in [-0.2, -0.15) is 0 Å². The Morgan fingerprint density at radius 1 is 0.731 bits per heavy atom. The Kier molecular flexibility index (Phi) is 5.42. The molecule has 4 heteroatoms. The van der Waals surface area contributed by atoms with E-state index in [1.807, 2.05) is 68.4 Å². The molecular formula is C22H23NO3. The number of rotatable bonds is 6. The Bertz CT molecular complexity index is 856. The van der Waals surface area contributed by atoms with Crippen molar-refractivity contribution in [2.45, 2.75) is 20.0 Å². The van der Waals surface area contributed by atoms with E-state index in [2.05, 4.69) is 4.98 Å². The Hall–Kier alpha value is -3.01. The van der Waals surface area contributed by atoms with Crippen molar-refractivity contribution in [1.29, 1.82) is 0 Å². The third-order valence-corrected chi connectivity index (χ3v) is 4.00. The predicted molar refractivity (Wildman–Crippen MR) is 104 cm³/mol. The summed E-state index contributed by atoms with van der Waals surface area (Å²) in [5.74, 6) is 2.39. The minimum Gasteiger partial charge on any atom is -0.497 e. The van der Waals surface area contributed by atoms with E-state index >= 15 is 0 Å².